The van der Waals surface area contributed by atoms with Crippen LogP contribution in [0.4, 0.5) is 11.5 Å². The number of anilines is 2. The number of pyridine rings is 1. The molecule has 1 heterocycles. The summed E-state index contributed by atoms with van der Waals surface area (Å²) in [6.07, 6.45) is 6.34. The molecule has 4 heteroatoms. The molecule has 17 heavy (non-hydrogen) atoms. The van der Waals surface area contributed by atoms with E-state index in [0.29, 0.717) is 16.9 Å². The Labute approximate surface area is 108 Å². The van der Waals surface area contributed by atoms with E-state index in [1.165, 1.54) is 32.1 Å². The number of aromatic nitrogens is 1. The number of hydrogen-bond acceptors (Lipinski definition) is 3. The van der Waals surface area contributed by atoms with Gasteiger partial charge in [-0.05, 0) is 30.9 Å². The molecule has 2 atom stereocenters. The number of nitrogens with zero attached hydrogens (tertiary/aromatic N) is 1. The van der Waals surface area contributed by atoms with Crippen LogP contribution in [0.1, 0.15) is 39.0 Å². The summed E-state index contributed by atoms with van der Waals surface area (Å²) >= 11 is 5.90. The van der Waals surface area contributed by atoms with Gasteiger partial charge in [-0.3, -0.25) is 0 Å². The van der Waals surface area contributed by atoms with Crippen molar-refractivity contribution in [1.82, 2.24) is 4.98 Å². The Hall–Kier alpha value is -0.960. The Kier molecular flexibility index (Phi) is 4.11. The summed E-state index contributed by atoms with van der Waals surface area (Å²) in [5, 5.41) is 3.96. The van der Waals surface area contributed by atoms with Crippen LogP contribution in [-0.4, -0.2) is 11.0 Å². The molecule has 2 rings (SSSR count). The summed E-state index contributed by atoms with van der Waals surface area (Å²) in [5.74, 6) is 1.46. The fourth-order valence-corrected chi connectivity index (χ4v) is 2.77. The van der Waals surface area contributed by atoms with Gasteiger partial charge in [0.15, 0.2) is 5.82 Å². The molecule has 1 aliphatic carbocycles. The summed E-state index contributed by atoms with van der Waals surface area (Å²) in [6.45, 7) is 2.25. The number of halogens is 1. The van der Waals surface area contributed by atoms with Gasteiger partial charge >= 0.3 is 0 Å². The highest BCUT2D eigenvalue weighted by molar-refractivity contribution is 6.29. The highest BCUT2D eigenvalue weighted by Gasteiger charge is 2.24. The van der Waals surface area contributed by atoms with Crippen molar-refractivity contribution in [3.05, 3.63) is 17.3 Å². The number of rotatable bonds is 3. The molecule has 0 saturated heterocycles. The van der Waals surface area contributed by atoms with Crippen LogP contribution in [-0.2, 0) is 0 Å². The monoisotopic (exact) mass is 253 g/mol. The predicted octanol–water partition coefficient (Wildman–Crippen LogP) is 3.70. The summed E-state index contributed by atoms with van der Waals surface area (Å²) in [7, 11) is 0. The normalized spacial score (nSPS) is 24.6. The second kappa shape index (κ2) is 5.58. The van der Waals surface area contributed by atoms with Gasteiger partial charge in [0.2, 0.25) is 0 Å². The van der Waals surface area contributed by atoms with Crippen LogP contribution in [0.25, 0.3) is 0 Å². The van der Waals surface area contributed by atoms with Crippen LogP contribution < -0.4 is 11.1 Å². The van der Waals surface area contributed by atoms with E-state index < -0.39 is 0 Å². The summed E-state index contributed by atoms with van der Waals surface area (Å²) in [4.78, 5) is 4.26. The SMILES string of the molecule is CCC1CCCCC1Nc1nc(Cl)ccc1N. The molecule has 0 aromatic carbocycles. The third-order valence-corrected chi connectivity index (χ3v) is 3.86. The average molecular weight is 254 g/mol. The fraction of sp³-hybridized carbons (Fsp3) is 0.615. The maximum atomic E-state index is 5.91. The zero-order chi connectivity index (χ0) is 12.3. The predicted molar refractivity (Wildman–Crippen MR) is 73.3 cm³/mol. The third-order valence-electron chi connectivity index (χ3n) is 3.65. The molecule has 1 aromatic heterocycles. The largest absolute Gasteiger partial charge is 0.396 e. The van der Waals surface area contributed by atoms with Gasteiger partial charge in [0, 0.05) is 6.04 Å². The smallest absolute Gasteiger partial charge is 0.151 e. The molecule has 3 nitrogen and oxygen atoms in total. The van der Waals surface area contributed by atoms with Gasteiger partial charge in [-0.2, -0.15) is 0 Å². The quantitative estimate of drug-likeness (QED) is 0.808. The Morgan fingerprint density at radius 2 is 2.18 bits per heavy atom. The molecule has 0 amide bonds. The molecule has 2 unspecified atom stereocenters. The van der Waals surface area contributed by atoms with E-state index in [4.69, 9.17) is 17.3 Å². The van der Waals surface area contributed by atoms with Crippen LogP contribution >= 0.6 is 11.6 Å². The molecule has 1 aromatic rings. The maximum absolute atomic E-state index is 5.91. The van der Waals surface area contributed by atoms with E-state index in [1.807, 2.05) is 0 Å². The Morgan fingerprint density at radius 1 is 1.41 bits per heavy atom. The molecule has 0 radical (unpaired) electrons. The van der Waals surface area contributed by atoms with Crippen molar-refractivity contribution in [3.8, 4) is 0 Å². The first-order valence-electron chi connectivity index (χ1n) is 6.39. The molecule has 94 valence electrons. The van der Waals surface area contributed by atoms with Crippen molar-refractivity contribution in [2.75, 3.05) is 11.1 Å². The topological polar surface area (TPSA) is 50.9 Å². The number of nitrogens with one attached hydrogen (secondary N) is 1. The molecule has 0 aliphatic heterocycles. The summed E-state index contributed by atoms with van der Waals surface area (Å²) in [5.41, 5.74) is 6.59. The summed E-state index contributed by atoms with van der Waals surface area (Å²) in [6, 6.07) is 4.02. The van der Waals surface area contributed by atoms with Gasteiger partial charge in [-0.15, -0.1) is 0 Å². The van der Waals surface area contributed by atoms with E-state index in [1.54, 1.807) is 12.1 Å². The van der Waals surface area contributed by atoms with E-state index in [0.717, 1.165) is 11.7 Å². The van der Waals surface area contributed by atoms with Crippen LogP contribution in [0.5, 0.6) is 0 Å². The highest BCUT2D eigenvalue weighted by Crippen LogP contribution is 2.30. The minimum Gasteiger partial charge on any atom is -0.396 e. The first-order valence-corrected chi connectivity index (χ1v) is 6.77. The zero-order valence-electron chi connectivity index (χ0n) is 10.2. The van der Waals surface area contributed by atoms with E-state index in [-0.39, 0.29) is 0 Å². The van der Waals surface area contributed by atoms with Crippen LogP contribution in [0.15, 0.2) is 12.1 Å². The first-order chi connectivity index (χ1) is 8.20. The van der Waals surface area contributed by atoms with Gasteiger partial charge in [0.05, 0.1) is 5.69 Å². The average Bonchev–Trinajstić information content (AvgIpc) is 2.34. The van der Waals surface area contributed by atoms with E-state index >= 15 is 0 Å². The van der Waals surface area contributed by atoms with Gasteiger partial charge in [0.25, 0.3) is 0 Å². The second-order valence-electron chi connectivity index (χ2n) is 4.78. The number of nitrogen functional groups attached to an aromatic ring is 1. The zero-order valence-corrected chi connectivity index (χ0v) is 11.0. The fourth-order valence-electron chi connectivity index (χ4n) is 2.62. The third kappa shape index (κ3) is 3.03. The van der Waals surface area contributed by atoms with Crippen molar-refractivity contribution < 1.29 is 0 Å². The number of nitrogens with two attached hydrogens (primary N) is 1. The number of hydrogen-bond donors (Lipinski definition) is 2. The van der Waals surface area contributed by atoms with E-state index in [2.05, 4.69) is 17.2 Å². The molecule has 1 saturated carbocycles. The van der Waals surface area contributed by atoms with Crippen molar-refractivity contribution in [3.63, 3.8) is 0 Å². The highest BCUT2D eigenvalue weighted by atomic mass is 35.5. The lowest BCUT2D eigenvalue weighted by Crippen LogP contribution is -2.32. The Morgan fingerprint density at radius 3 is 2.94 bits per heavy atom. The lowest BCUT2D eigenvalue weighted by molar-refractivity contribution is 0.317. The second-order valence-corrected chi connectivity index (χ2v) is 5.16. The lowest BCUT2D eigenvalue weighted by Gasteiger charge is -2.32. The van der Waals surface area contributed by atoms with Crippen LogP contribution in [0.2, 0.25) is 5.15 Å². The molecular weight excluding hydrogens is 234 g/mol. The van der Waals surface area contributed by atoms with Crippen molar-refractivity contribution in [1.29, 1.82) is 0 Å². The van der Waals surface area contributed by atoms with Gasteiger partial charge in [-0.1, -0.05) is 37.8 Å². The Bertz CT molecular complexity index is 381. The lowest BCUT2D eigenvalue weighted by atomic mass is 9.83. The van der Waals surface area contributed by atoms with Gasteiger partial charge in [0.1, 0.15) is 5.15 Å². The van der Waals surface area contributed by atoms with Crippen LogP contribution in [0.3, 0.4) is 0 Å². The summed E-state index contributed by atoms with van der Waals surface area (Å²) < 4.78 is 0. The minimum absolute atomic E-state index is 0.488. The van der Waals surface area contributed by atoms with Crippen molar-refractivity contribution in [2.45, 2.75) is 45.1 Å². The molecule has 1 fully saturated rings. The van der Waals surface area contributed by atoms with Crippen molar-refractivity contribution >= 4 is 23.1 Å². The molecule has 3 N–H and O–H groups in total. The van der Waals surface area contributed by atoms with Crippen molar-refractivity contribution in [2.24, 2.45) is 5.92 Å². The maximum Gasteiger partial charge on any atom is 0.151 e. The van der Waals surface area contributed by atoms with E-state index in [9.17, 15) is 0 Å². The molecular formula is C13H20ClN3. The standard InChI is InChI=1S/C13H20ClN3/c1-2-9-5-3-4-6-11(9)16-13-10(15)7-8-12(14)17-13/h7-9,11H,2-6,15H2,1H3,(H,16,17). The van der Waals surface area contributed by atoms with Gasteiger partial charge in [-0.25, -0.2) is 4.98 Å². The van der Waals surface area contributed by atoms with Gasteiger partial charge < -0.3 is 11.1 Å². The van der Waals surface area contributed by atoms with Crippen LogP contribution in [0, 0.1) is 5.92 Å². The molecule has 0 spiro atoms. The molecule has 1 aliphatic rings. The molecule has 0 bridgehead atoms. The first kappa shape index (κ1) is 12.5. The minimum atomic E-state index is 0.488. The Balaban J connectivity index is 2.10.